The third-order valence-electron chi connectivity index (χ3n) is 7.64. The Bertz CT molecular complexity index is 1440. The van der Waals surface area contributed by atoms with E-state index in [0.29, 0.717) is 18.5 Å². The highest BCUT2D eigenvalue weighted by Gasteiger charge is 2.55. The Hall–Kier alpha value is -3.69. The zero-order valence-corrected chi connectivity index (χ0v) is 22.4. The van der Waals surface area contributed by atoms with Crippen LogP contribution in [-0.2, 0) is 19.6 Å². The van der Waals surface area contributed by atoms with Crippen molar-refractivity contribution >= 4 is 33.2 Å². The number of carbonyl (C=O) groups is 2. The molecule has 2 heterocycles. The van der Waals surface area contributed by atoms with E-state index >= 15 is 0 Å². The molecule has 5 rings (SSSR count). The largest absolute Gasteiger partial charge is 0.339 e. The number of para-hydroxylation sites is 1. The maximum atomic E-state index is 13.9. The normalized spacial score (nSPS) is 17.7. The third kappa shape index (κ3) is 4.79. The van der Waals surface area contributed by atoms with Crippen LogP contribution in [0.4, 0.5) is 11.4 Å². The van der Waals surface area contributed by atoms with E-state index in [1.165, 1.54) is 4.31 Å². The molecule has 1 spiro atoms. The lowest BCUT2D eigenvalue weighted by molar-refractivity contribution is -0.136. The number of sulfonamides is 1. The number of carbonyl (C=O) groups excluding carboxylic acids is 2. The molecule has 38 heavy (non-hydrogen) atoms. The summed E-state index contributed by atoms with van der Waals surface area (Å²) >= 11 is 0. The Morgan fingerprint density at radius 3 is 2.16 bits per heavy atom. The quantitative estimate of drug-likeness (QED) is 0.522. The molecule has 2 aliphatic heterocycles. The van der Waals surface area contributed by atoms with Gasteiger partial charge in [-0.3, -0.25) is 9.59 Å². The number of anilines is 2. The van der Waals surface area contributed by atoms with Crippen LogP contribution in [-0.4, -0.2) is 61.3 Å². The van der Waals surface area contributed by atoms with Crippen molar-refractivity contribution < 1.29 is 18.0 Å². The Morgan fingerprint density at radius 2 is 1.53 bits per heavy atom. The van der Waals surface area contributed by atoms with Gasteiger partial charge in [-0.1, -0.05) is 42.5 Å². The topological polar surface area (TPSA) is 90.0 Å². The highest BCUT2D eigenvalue weighted by molar-refractivity contribution is 7.89. The van der Waals surface area contributed by atoms with Crippen LogP contribution in [0.25, 0.3) is 0 Å². The molecule has 2 saturated heterocycles. The maximum absolute atomic E-state index is 13.9. The van der Waals surface area contributed by atoms with Gasteiger partial charge in [0.05, 0.1) is 11.6 Å². The molecule has 0 radical (unpaired) electrons. The number of amides is 2. The van der Waals surface area contributed by atoms with E-state index in [0.717, 1.165) is 16.8 Å². The van der Waals surface area contributed by atoms with Gasteiger partial charge in [0.15, 0.2) is 0 Å². The highest BCUT2D eigenvalue weighted by atomic mass is 32.2. The summed E-state index contributed by atoms with van der Waals surface area (Å²) in [6, 6.07) is 23.7. The number of benzene rings is 3. The molecule has 9 heteroatoms. The minimum Gasteiger partial charge on any atom is -0.339 e. The van der Waals surface area contributed by atoms with Crippen molar-refractivity contribution in [1.82, 2.24) is 9.21 Å². The number of rotatable bonds is 6. The van der Waals surface area contributed by atoms with Crippen molar-refractivity contribution in [3.05, 3.63) is 90.0 Å². The number of nitrogens with one attached hydrogen (secondary N) is 1. The van der Waals surface area contributed by atoms with E-state index in [9.17, 15) is 18.0 Å². The van der Waals surface area contributed by atoms with Crippen molar-refractivity contribution in [3.63, 3.8) is 0 Å². The van der Waals surface area contributed by atoms with Gasteiger partial charge in [0, 0.05) is 24.5 Å². The molecule has 198 valence electrons. The fourth-order valence-electron chi connectivity index (χ4n) is 5.35. The van der Waals surface area contributed by atoms with Gasteiger partial charge < -0.3 is 15.1 Å². The molecule has 0 aliphatic carbocycles. The molecule has 1 N–H and O–H groups in total. The van der Waals surface area contributed by atoms with Crippen LogP contribution in [0.5, 0.6) is 0 Å². The van der Waals surface area contributed by atoms with E-state index in [4.69, 9.17) is 0 Å². The molecule has 0 unspecified atom stereocenters. The van der Waals surface area contributed by atoms with Crippen LogP contribution in [0.15, 0.2) is 83.8 Å². The molecule has 2 aliphatic rings. The third-order valence-corrected chi connectivity index (χ3v) is 9.55. The number of nitrogens with zero attached hydrogens (tertiary/aromatic N) is 3. The lowest BCUT2D eigenvalue weighted by atomic mass is 9.86. The molecule has 0 bridgehead atoms. The summed E-state index contributed by atoms with van der Waals surface area (Å²) in [7, 11) is -3.66. The summed E-state index contributed by atoms with van der Waals surface area (Å²) < 4.78 is 27.9. The number of aryl methyl sites for hydroxylation is 2. The second-order valence-corrected chi connectivity index (χ2v) is 11.9. The Labute approximate surface area is 223 Å². The zero-order valence-electron chi connectivity index (χ0n) is 21.6. The Morgan fingerprint density at radius 1 is 0.895 bits per heavy atom. The second kappa shape index (κ2) is 10.2. The molecule has 2 fully saturated rings. The zero-order chi connectivity index (χ0) is 26.9. The van der Waals surface area contributed by atoms with Gasteiger partial charge >= 0.3 is 0 Å². The van der Waals surface area contributed by atoms with Gasteiger partial charge in [-0.05, 0) is 74.2 Å². The predicted molar refractivity (Wildman–Crippen MR) is 147 cm³/mol. The van der Waals surface area contributed by atoms with E-state index in [-0.39, 0.29) is 43.0 Å². The molecular formula is C29H32N4O4S. The predicted octanol–water partition coefficient (Wildman–Crippen LogP) is 3.77. The summed E-state index contributed by atoms with van der Waals surface area (Å²) in [5, 5.41) is 2.91. The fourth-order valence-corrected chi connectivity index (χ4v) is 6.82. The molecule has 0 atom stereocenters. The monoisotopic (exact) mass is 532 g/mol. The first kappa shape index (κ1) is 25.9. The van der Waals surface area contributed by atoms with Crippen LogP contribution >= 0.6 is 0 Å². The van der Waals surface area contributed by atoms with Gasteiger partial charge in [-0.25, -0.2) is 8.42 Å². The first-order valence-corrected chi connectivity index (χ1v) is 14.2. The summed E-state index contributed by atoms with van der Waals surface area (Å²) in [6.45, 7) is 4.61. The molecule has 2 amide bonds. The standard InChI is InChI=1S/C29H32N4O4S/c1-22-13-14-24(19-23(22)2)30-27(34)20-31-21-33(25-9-5-3-6-10-25)29(28(31)35)15-17-32(18-16-29)38(36,37)26-11-7-4-8-12-26/h3-14,19H,15-18,20-21H2,1-2H3,(H,30,34). The average Bonchev–Trinajstić information content (AvgIpc) is 3.18. The summed E-state index contributed by atoms with van der Waals surface area (Å²) in [4.78, 5) is 30.7. The summed E-state index contributed by atoms with van der Waals surface area (Å²) in [5.74, 6) is -0.413. The molecule has 0 aromatic heterocycles. The van der Waals surface area contributed by atoms with Crippen LogP contribution in [0, 0.1) is 13.8 Å². The molecule has 8 nitrogen and oxygen atoms in total. The van der Waals surface area contributed by atoms with Crippen molar-refractivity contribution in [2.24, 2.45) is 0 Å². The SMILES string of the molecule is Cc1ccc(NC(=O)CN2CN(c3ccccc3)C3(CCN(S(=O)(=O)c4ccccc4)CC3)C2=O)cc1C. The van der Waals surface area contributed by atoms with Crippen LogP contribution in [0.3, 0.4) is 0 Å². The van der Waals surface area contributed by atoms with Crippen LogP contribution in [0.2, 0.25) is 0 Å². The second-order valence-electron chi connectivity index (χ2n) is 10.0. The van der Waals surface area contributed by atoms with Gasteiger partial charge in [-0.2, -0.15) is 4.31 Å². The lowest BCUT2D eigenvalue weighted by Crippen LogP contribution is -2.57. The van der Waals surface area contributed by atoms with E-state index in [1.54, 1.807) is 35.2 Å². The first-order chi connectivity index (χ1) is 18.2. The highest BCUT2D eigenvalue weighted by Crippen LogP contribution is 2.40. The van der Waals surface area contributed by atoms with Crippen molar-refractivity contribution in [3.8, 4) is 0 Å². The van der Waals surface area contributed by atoms with Gasteiger partial charge in [-0.15, -0.1) is 0 Å². The van der Waals surface area contributed by atoms with Crippen LogP contribution < -0.4 is 10.2 Å². The molecule has 3 aromatic carbocycles. The number of piperidine rings is 1. The summed E-state index contributed by atoms with van der Waals surface area (Å²) in [6.07, 6.45) is 0.671. The van der Waals surface area contributed by atoms with E-state index in [1.807, 2.05) is 67.3 Å². The Balaban J connectivity index is 1.36. The van der Waals surface area contributed by atoms with Crippen LogP contribution in [0.1, 0.15) is 24.0 Å². The average molecular weight is 533 g/mol. The summed E-state index contributed by atoms with van der Waals surface area (Å²) in [5.41, 5.74) is 2.87. The van der Waals surface area contributed by atoms with Gasteiger partial charge in [0.1, 0.15) is 12.1 Å². The Kier molecular flexibility index (Phi) is 6.98. The number of hydrogen-bond donors (Lipinski definition) is 1. The van der Waals surface area contributed by atoms with Crippen molar-refractivity contribution in [1.29, 1.82) is 0 Å². The van der Waals surface area contributed by atoms with Crippen molar-refractivity contribution in [2.45, 2.75) is 37.1 Å². The smallest absolute Gasteiger partial charge is 0.250 e. The van der Waals surface area contributed by atoms with E-state index < -0.39 is 15.6 Å². The first-order valence-electron chi connectivity index (χ1n) is 12.8. The minimum absolute atomic E-state index is 0.0805. The van der Waals surface area contributed by atoms with Crippen molar-refractivity contribution in [2.75, 3.05) is 36.5 Å². The molecular weight excluding hydrogens is 500 g/mol. The molecule has 0 saturated carbocycles. The van der Waals surface area contributed by atoms with E-state index in [2.05, 4.69) is 5.32 Å². The van der Waals surface area contributed by atoms with Gasteiger partial charge in [0.25, 0.3) is 0 Å². The number of hydrogen-bond acceptors (Lipinski definition) is 5. The molecule has 3 aromatic rings. The lowest BCUT2D eigenvalue weighted by Gasteiger charge is -2.42. The maximum Gasteiger partial charge on any atom is 0.250 e. The fraction of sp³-hybridized carbons (Fsp3) is 0.310. The minimum atomic E-state index is -3.66. The van der Waals surface area contributed by atoms with Gasteiger partial charge in [0.2, 0.25) is 21.8 Å².